The maximum absolute atomic E-state index is 9.66. The Morgan fingerprint density at radius 2 is 1.72 bits per heavy atom. The summed E-state index contributed by atoms with van der Waals surface area (Å²) >= 11 is 0. The van der Waals surface area contributed by atoms with Crippen LogP contribution in [-0.4, -0.2) is 23.9 Å². The van der Waals surface area contributed by atoms with Crippen LogP contribution in [0.1, 0.15) is 45.8 Å². The summed E-state index contributed by atoms with van der Waals surface area (Å²) in [7, 11) is 0. The molecule has 0 saturated heterocycles. The average molecular weight is 252 g/mol. The van der Waals surface area contributed by atoms with Gasteiger partial charge in [0.2, 0.25) is 0 Å². The van der Waals surface area contributed by atoms with Gasteiger partial charge in [-0.05, 0) is 44.9 Å². The Morgan fingerprint density at radius 3 is 2.22 bits per heavy atom. The van der Waals surface area contributed by atoms with Crippen LogP contribution in [0.3, 0.4) is 0 Å². The molecule has 0 fully saturated rings. The van der Waals surface area contributed by atoms with Gasteiger partial charge in [0.25, 0.3) is 0 Å². The molecule has 3 nitrogen and oxygen atoms in total. The summed E-state index contributed by atoms with van der Waals surface area (Å²) in [5.41, 5.74) is 0.800. The molecule has 1 N–H and O–H groups in total. The van der Waals surface area contributed by atoms with Crippen molar-refractivity contribution in [3.63, 3.8) is 0 Å². The quantitative estimate of drug-likeness (QED) is 0.789. The minimum Gasteiger partial charge on any atom is -0.491 e. The number of hydrogen-bond donors (Lipinski definition) is 1. The Hall–Kier alpha value is -1.06. The molecular weight excluding hydrogens is 228 g/mol. The number of aliphatic hydroxyl groups excluding tert-OH is 1. The SMILES string of the molecule is CC[C@H](O)c1ccc(OCCOC(C)(C)C)cc1. The summed E-state index contributed by atoms with van der Waals surface area (Å²) in [6.07, 6.45) is 0.336. The smallest absolute Gasteiger partial charge is 0.119 e. The third-order valence-electron chi connectivity index (χ3n) is 2.54. The number of ether oxygens (including phenoxy) is 2. The van der Waals surface area contributed by atoms with E-state index in [9.17, 15) is 5.11 Å². The van der Waals surface area contributed by atoms with Gasteiger partial charge in [-0.25, -0.2) is 0 Å². The second-order valence-electron chi connectivity index (χ2n) is 5.30. The minimum atomic E-state index is -0.386. The zero-order chi connectivity index (χ0) is 13.6. The van der Waals surface area contributed by atoms with Crippen molar-refractivity contribution in [3.8, 4) is 5.75 Å². The van der Waals surface area contributed by atoms with E-state index in [4.69, 9.17) is 9.47 Å². The molecule has 0 aliphatic heterocycles. The van der Waals surface area contributed by atoms with Crippen molar-refractivity contribution >= 4 is 0 Å². The first kappa shape index (κ1) is 15.0. The first-order chi connectivity index (χ1) is 8.42. The standard InChI is InChI=1S/C15H24O3/c1-5-14(16)12-6-8-13(9-7-12)17-10-11-18-15(2,3)4/h6-9,14,16H,5,10-11H2,1-4H3/t14-/m0/s1. The van der Waals surface area contributed by atoms with E-state index in [1.807, 2.05) is 52.0 Å². The molecule has 1 aromatic carbocycles. The summed E-state index contributed by atoms with van der Waals surface area (Å²) in [6.45, 7) is 9.13. The average Bonchev–Trinajstić information content (AvgIpc) is 2.33. The van der Waals surface area contributed by atoms with Crippen LogP contribution in [-0.2, 0) is 4.74 Å². The van der Waals surface area contributed by atoms with Crippen molar-refractivity contribution in [3.05, 3.63) is 29.8 Å². The normalized spacial score (nSPS) is 13.4. The molecular formula is C15H24O3. The van der Waals surface area contributed by atoms with Crippen molar-refractivity contribution in [1.82, 2.24) is 0 Å². The number of rotatable bonds is 6. The van der Waals surface area contributed by atoms with E-state index in [0.717, 1.165) is 17.7 Å². The zero-order valence-electron chi connectivity index (χ0n) is 11.8. The molecule has 0 unspecified atom stereocenters. The fourth-order valence-electron chi connectivity index (χ4n) is 1.53. The van der Waals surface area contributed by atoms with Crippen LogP contribution in [0, 0.1) is 0 Å². The lowest BCUT2D eigenvalue weighted by Gasteiger charge is -2.19. The Labute approximate surface area is 110 Å². The van der Waals surface area contributed by atoms with Crippen molar-refractivity contribution in [2.75, 3.05) is 13.2 Å². The second-order valence-corrected chi connectivity index (χ2v) is 5.30. The maximum atomic E-state index is 9.66. The van der Waals surface area contributed by atoms with Gasteiger partial charge in [-0.15, -0.1) is 0 Å². The van der Waals surface area contributed by atoms with Crippen LogP contribution >= 0.6 is 0 Å². The molecule has 0 spiro atoms. The predicted octanol–water partition coefficient (Wildman–Crippen LogP) is 3.32. The minimum absolute atomic E-state index is 0.127. The van der Waals surface area contributed by atoms with Crippen LogP contribution < -0.4 is 4.74 Å². The van der Waals surface area contributed by atoms with E-state index < -0.39 is 0 Å². The number of aliphatic hydroxyl groups is 1. The van der Waals surface area contributed by atoms with E-state index in [-0.39, 0.29) is 11.7 Å². The van der Waals surface area contributed by atoms with Crippen molar-refractivity contribution < 1.29 is 14.6 Å². The first-order valence-corrected chi connectivity index (χ1v) is 6.47. The topological polar surface area (TPSA) is 38.7 Å². The van der Waals surface area contributed by atoms with Gasteiger partial charge in [0.1, 0.15) is 12.4 Å². The molecule has 102 valence electrons. The molecule has 1 rings (SSSR count). The van der Waals surface area contributed by atoms with Crippen molar-refractivity contribution in [1.29, 1.82) is 0 Å². The Bertz CT molecular complexity index is 338. The highest BCUT2D eigenvalue weighted by Gasteiger charge is 2.09. The largest absolute Gasteiger partial charge is 0.491 e. The Kier molecular flexibility index (Phi) is 5.63. The van der Waals surface area contributed by atoms with Crippen LogP contribution in [0.4, 0.5) is 0 Å². The molecule has 0 radical (unpaired) electrons. The fourth-order valence-corrected chi connectivity index (χ4v) is 1.53. The summed E-state index contributed by atoms with van der Waals surface area (Å²) in [4.78, 5) is 0. The lowest BCUT2D eigenvalue weighted by molar-refractivity contribution is -0.0163. The van der Waals surface area contributed by atoms with E-state index in [0.29, 0.717) is 13.2 Å². The molecule has 1 aromatic rings. The summed E-state index contributed by atoms with van der Waals surface area (Å²) in [5, 5.41) is 9.66. The maximum Gasteiger partial charge on any atom is 0.119 e. The molecule has 1 atom stereocenters. The monoisotopic (exact) mass is 252 g/mol. The predicted molar refractivity (Wildman–Crippen MR) is 72.9 cm³/mol. The Morgan fingerprint density at radius 1 is 1.11 bits per heavy atom. The lowest BCUT2D eigenvalue weighted by Crippen LogP contribution is -2.22. The summed E-state index contributed by atoms with van der Waals surface area (Å²) in [5.74, 6) is 0.805. The summed E-state index contributed by atoms with van der Waals surface area (Å²) < 4.78 is 11.1. The molecule has 18 heavy (non-hydrogen) atoms. The van der Waals surface area contributed by atoms with E-state index in [1.165, 1.54) is 0 Å². The van der Waals surface area contributed by atoms with Gasteiger partial charge in [0, 0.05) is 0 Å². The van der Waals surface area contributed by atoms with E-state index >= 15 is 0 Å². The molecule has 0 heterocycles. The fraction of sp³-hybridized carbons (Fsp3) is 0.600. The van der Waals surface area contributed by atoms with Crippen LogP contribution in [0.15, 0.2) is 24.3 Å². The molecule has 0 saturated carbocycles. The van der Waals surface area contributed by atoms with Crippen LogP contribution in [0.25, 0.3) is 0 Å². The molecule has 0 aliphatic rings. The van der Waals surface area contributed by atoms with Crippen LogP contribution in [0.5, 0.6) is 5.75 Å². The van der Waals surface area contributed by atoms with Gasteiger partial charge >= 0.3 is 0 Å². The van der Waals surface area contributed by atoms with Gasteiger partial charge in [0.15, 0.2) is 0 Å². The highest BCUT2D eigenvalue weighted by Crippen LogP contribution is 2.19. The van der Waals surface area contributed by atoms with Gasteiger partial charge < -0.3 is 14.6 Å². The summed E-state index contributed by atoms with van der Waals surface area (Å²) in [6, 6.07) is 7.55. The molecule has 3 heteroatoms. The third-order valence-corrected chi connectivity index (χ3v) is 2.54. The highest BCUT2D eigenvalue weighted by atomic mass is 16.5. The number of hydrogen-bond acceptors (Lipinski definition) is 3. The van der Waals surface area contributed by atoms with Gasteiger partial charge in [-0.1, -0.05) is 19.1 Å². The highest BCUT2D eigenvalue weighted by molar-refractivity contribution is 5.28. The molecule has 0 aliphatic carbocycles. The van der Waals surface area contributed by atoms with E-state index in [1.54, 1.807) is 0 Å². The van der Waals surface area contributed by atoms with Gasteiger partial charge in [-0.2, -0.15) is 0 Å². The lowest BCUT2D eigenvalue weighted by atomic mass is 10.1. The van der Waals surface area contributed by atoms with Crippen LogP contribution in [0.2, 0.25) is 0 Å². The third kappa shape index (κ3) is 5.52. The zero-order valence-corrected chi connectivity index (χ0v) is 11.8. The Balaban J connectivity index is 2.35. The van der Waals surface area contributed by atoms with Gasteiger partial charge in [0.05, 0.1) is 18.3 Å². The number of benzene rings is 1. The first-order valence-electron chi connectivity index (χ1n) is 6.47. The van der Waals surface area contributed by atoms with E-state index in [2.05, 4.69) is 0 Å². The van der Waals surface area contributed by atoms with Crippen molar-refractivity contribution in [2.24, 2.45) is 0 Å². The van der Waals surface area contributed by atoms with Crippen molar-refractivity contribution in [2.45, 2.75) is 45.8 Å². The van der Waals surface area contributed by atoms with Gasteiger partial charge in [-0.3, -0.25) is 0 Å². The molecule has 0 aromatic heterocycles. The molecule has 0 bridgehead atoms. The molecule has 0 amide bonds. The second kappa shape index (κ2) is 6.76.